The van der Waals surface area contributed by atoms with E-state index in [9.17, 15) is 13.5 Å². The summed E-state index contributed by atoms with van der Waals surface area (Å²) in [6.07, 6.45) is 9.68. The third-order valence-corrected chi connectivity index (χ3v) is 7.32. The van der Waals surface area contributed by atoms with E-state index in [1.54, 1.807) is 0 Å². The topological polar surface area (TPSA) is 57.6 Å². The zero-order chi connectivity index (χ0) is 14.2. The Hall–Kier alpha value is -0.130. The van der Waals surface area contributed by atoms with Crippen molar-refractivity contribution in [2.24, 2.45) is 5.41 Å². The number of piperidine rings is 1. The summed E-state index contributed by atoms with van der Waals surface area (Å²) >= 11 is 0. The summed E-state index contributed by atoms with van der Waals surface area (Å²) in [7, 11) is -3.04. The summed E-state index contributed by atoms with van der Waals surface area (Å²) < 4.78 is 23.5. The maximum Gasteiger partial charge on any atom is 0.154 e. The van der Waals surface area contributed by atoms with E-state index in [1.165, 1.54) is 44.9 Å². The molecule has 3 fully saturated rings. The summed E-state index contributed by atoms with van der Waals surface area (Å²) in [6.45, 7) is 1.96. The second kappa shape index (κ2) is 5.58. The molecule has 5 heteroatoms. The van der Waals surface area contributed by atoms with Gasteiger partial charge in [-0.15, -0.1) is 0 Å². The maximum absolute atomic E-state index is 11.7. The minimum absolute atomic E-state index is 0.0405. The van der Waals surface area contributed by atoms with E-state index in [0.29, 0.717) is 5.41 Å². The number of aliphatic hydroxyl groups is 1. The zero-order valence-electron chi connectivity index (χ0n) is 12.3. The molecule has 116 valence electrons. The molecule has 0 unspecified atom stereocenters. The van der Waals surface area contributed by atoms with Crippen LogP contribution in [0.2, 0.25) is 0 Å². The van der Waals surface area contributed by atoms with Gasteiger partial charge < -0.3 is 5.11 Å². The second-order valence-corrected chi connectivity index (χ2v) is 9.35. The van der Waals surface area contributed by atoms with E-state index in [0.717, 1.165) is 19.5 Å². The van der Waals surface area contributed by atoms with Crippen LogP contribution in [0.5, 0.6) is 0 Å². The highest BCUT2D eigenvalue weighted by Gasteiger charge is 2.44. The van der Waals surface area contributed by atoms with Gasteiger partial charge in [0.15, 0.2) is 9.84 Å². The van der Waals surface area contributed by atoms with Crippen molar-refractivity contribution in [3.63, 3.8) is 0 Å². The van der Waals surface area contributed by atoms with Crippen LogP contribution >= 0.6 is 0 Å². The van der Waals surface area contributed by atoms with E-state index >= 15 is 0 Å². The molecule has 20 heavy (non-hydrogen) atoms. The molecule has 2 saturated heterocycles. The smallest absolute Gasteiger partial charge is 0.154 e. The van der Waals surface area contributed by atoms with Crippen molar-refractivity contribution in [1.82, 2.24) is 4.90 Å². The summed E-state index contributed by atoms with van der Waals surface area (Å²) in [5.41, 5.74) is 0.404. The highest BCUT2D eigenvalue weighted by atomic mass is 32.2. The average Bonchev–Trinajstić information content (AvgIpc) is 2.56. The van der Waals surface area contributed by atoms with Gasteiger partial charge in [0.1, 0.15) is 0 Å². The molecule has 1 N–H and O–H groups in total. The molecule has 1 aliphatic carbocycles. The molecular weight excluding hydrogens is 274 g/mol. The monoisotopic (exact) mass is 301 g/mol. The molecule has 1 saturated carbocycles. The van der Waals surface area contributed by atoms with Crippen molar-refractivity contribution < 1.29 is 13.5 Å². The lowest BCUT2D eigenvalue weighted by molar-refractivity contribution is 0.0106. The van der Waals surface area contributed by atoms with E-state index in [4.69, 9.17) is 0 Å². The summed E-state index contributed by atoms with van der Waals surface area (Å²) in [5.74, 6) is 0.116. The van der Waals surface area contributed by atoms with Crippen molar-refractivity contribution in [2.75, 3.05) is 24.6 Å². The molecule has 1 spiro atoms. The van der Waals surface area contributed by atoms with Gasteiger partial charge in [-0.1, -0.05) is 25.7 Å². The summed E-state index contributed by atoms with van der Waals surface area (Å²) in [5, 5.41) is 10.1. The fraction of sp³-hybridized carbons (Fsp3) is 1.00. The largest absolute Gasteiger partial charge is 0.390 e. The van der Waals surface area contributed by atoms with Gasteiger partial charge in [0.05, 0.1) is 23.7 Å². The standard InChI is InChI=1S/C15H27NO3S/c17-14-11-20(18,19)10-13(14)16-9-5-8-15(12-16)6-3-1-2-4-7-15/h13-14,17H,1-12H2/t13-,14-/m0/s1. The second-order valence-electron chi connectivity index (χ2n) is 7.20. The highest BCUT2D eigenvalue weighted by Crippen LogP contribution is 2.43. The van der Waals surface area contributed by atoms with Crippen molar-refractivity contribution >= 4 is 9.84 Å². The Labute approximate surface area is 122 Å². The summed E-state index contributed by atoms with van der Waals surface area (Å²) in [6, 6.07) is -0.152. The van der Waals surface area contributed by atoms with Gasteiger partial charge in [0.2, 0.25) is 0 Å². The minimum atomic E-state index is -3.04. The molecule has 2 aliphatic heterocycles. The molecule has 4 nitrogen and oxygen atoms in total. The molecule has 0 aromatic rings. The van der Waals surface area contributed by atoms with Crippen LogP contribution in [-0.2, 0) is 9.84 Å². The van der Waals surface area contributed by atoms with Gasteiger partial charge in [-0.2, -0.15) is 0 Å². The number of hydrogen-bond donors (Lipinski definition) is 1. The van der Waals surface area contributed by atoms with Gasteiger partial charge in [-0.3, -0.25) is 4.90 Å². The Balaban J connectivity index is 1.71. The predicted octanol–water partition coefficient (Wildman–Crippen LogP) is 1.58. The van der Waals surface area contributed by atoms with Crippen LogP contribution in [0.4, 0.5) is 0 Å². The first-order valence-electron chi connectivity index (χ1n) is 8.12. The van der Waals surface area contributed by atoms with Gasteiger partial charge in [0, 0.05) is 6.54 Å². The van der Waals surface area contributed by atoms with Crippen LogP contribution in [0.3, 0.4) is 0 Å². The van der Waals surface area contributed by atoms with Crippen LogP contribution in [0.1, 0.15) is 51.4 Å². The van der Waals surface area contributed by atoms with E-state index in [1.807, 2.05) is 0 Å². The molecule has 2 atom stereocenters. The lowest BCUT2D eigenvalue weighted by Gasteiger charge is -2.45. The molecule has 0 amide bonds. The van der Waals surface area contributed by atoms with Crippen LogP contribution in [-0.4, -0.2) is 55.2 Å². The normalized spacial score (nSPS) is 37.9. The highest BCUT2D eigenvalue weighted by molar-refractivity contribution is 7.91. The van der Waals surface area contributed by atoms with E-state index < -0.39 is 15.9 Å². The quantitative estimate of drug-likeness (QED) is 0.799. The average molecular weight is 301 g/mol. The minimum Gasteiger partial charge on any atom is -0.390 e. The first kappa shape index (κ1) is 14.8. The number of aliphatic hydroxyl groups excluding tert-OH is 1. The van der Waals surface area contributed by atoms with Crippen LogP contribution in [0, 0.1) is 5.41 Å². The van der Waals surface area contributed by atoms with Crippen molar-refractivity contribution in [3.05, 3.63) is 0 Å². The first-order valence-corrected chi connectivity index (χ1v) is 9.94. The van der Waals surface area contributed by atoms with E-state index in [2.05, 4.69) is 4.90 Å². The van der Waals surface area contributed by atoms with Crippen molar-refractivity contribution in [1.29, 1.82) is 0 Å². The lowest BCUT2D eigenvalue weighted by Crippen LogP contribution is -2.51. The van der Waals surface area contributed by atoms with Crippen LogP contribution in [0.25, 0.3) is 0 Å². The third-order valence-electron chi connectivity index (χ3n) is 5.62. The van der Waals surface area contributed by atoms with Gasteiger partial charge in [-0.05, 0) is 37.6 Å². The molecule has 0 radical (unpaired) electrons. The molecule has 3 aliphatic rings. The molecule has 0 aromatic heterocycles. The van der Waals surface area contributed by atoms with Crippen molar-refractivity contribution in [3.8, 4) is 0 Å². The first-order chi connectivity index (χ1) is 9.50. The number of likely N-dealkylation sites (tertiary alicyclic amines) is 1. The summed E-state index contributed by atoms with van der Waals surface area (Å²) in [4.78, 5) is 2.30. The Morgan fingerprint density at radius 1 is 0.950 bits per heavy atom. The van der Waals surface area contributed by atoms with Gasteiger partial charge in [0.25, 0.3) is 0 Å². The Morgan fingerprint density at radius 3 is 2.20 bits per heavy atom. The molecule has 0 aromatic carbocycles. The van der Waals surface area contributed by atoms with Crippen LogP contribution < -0.4 is 0 Å². The third kappa shape index (κ3) is 3.04. The van der Waals surface area contributed by atoms with Gasteiger partial charge in [-0.25, -0.2) is 8.42 Å². The number of hydrogen-bond acceptors (Lipinski definition) is 4. The Morgan fingerprint density at radius 2 is 1.60 bits per heavy atom. The Kier molecular flexibility index (Phi) is 4.13. The predicted molar refractivity (Wildman–Crippen MR) is 79.4 cm³/mol. The fourth-order valence-corrected chi connectivity index (χ4v) is 6.41. The molecule has 0 bridgehead atoms. The van der Waals surface area contributed by atoms with E-state index in [-0.39, 0.29) is 17.5 Å². The SMILES string of the molecule is O=S1(=O)C[C@H](O)[C@@H](N2CCCC3(CCCCCC3)C2)C1. The number of nitrogens with zero attached hydrogens (tertiary/aromatic N) is 1. The zero-order valence-corrected chi connectivity index (χ0v) is 13.1. The maximum atomic E-state index is 11.7. The van der Waals surface area contributed by atoms with Gasteiger partial charge >= 0.3 is 0 Å². The Bertz CT molecular complexity index is 440. The number of rotatable bonds is 1. The lowest BCUT2D eigenvalue weighted by atomic mass is 9.73. The fourth-order valence-electron chi connectivity index (χ4n) is 4.58. The number of sulfone groups is 1. The molecule has 2 heterocycles. The van der Waals surface area contributed by atoms with Crippen molar-refractivity contribution in [2.45, 2.75) is 63.5 Å². The van der Waals surface area contributed by atoms with Crippen LogP contribution in [0.15, 0.2) is 0 Å². The molecule has 3 rings (SSSR count). The molecular formula is C15H27NO3S.